The molecule has 1 aromatic carbocycles. The van der Waals surface area contributed by atoms with Gasteiger partial charge in [-0.2, -0.15) is 0 Å². The zero-order valence-electron chi connectivity index (χ0n) is 30.5. The van der Waals surface area contributed by atoms with Crippen molar-refractivity contribution in [3.05, 3.63) is 34.3 Å². The van der Waals surface area contributed by atoms with Gasteiger partial charge >= 0.3 is 12.1 Å². The van der Waals surface area contributed by atoms with Crippen molar-refractivity contribution in [2.75, 3.05) is 51.9 Å². The first-order chi connectivity index (χ1) is 23.3. The number of hydrogen-bond donors (Lipinski definition) is 5. The SMILES string of the molecule is COC(=O)CCNC(=O)/C(Br)=C\C(=O)NCCOCCOCCC(=O)Nc1cc(C[C@@H](CC(C)C(C)(C)C)NC(=O)OC(C)(C)C)ccc1O. The molecule has 0 saturated carbocycles. The second-order valence-corrected chi connectivity index (χ2v) is 14.6. The van der Waals surface area contributed by atoms with Crippen LogP contribution >= 0.6 is 15.9 Å². The number of halogens is 1. The van der Waals surface area contributed by atoms with Crippen molar-refractivity contribution < 1.29 is 48.0 Å². The number of benzene rings is 1. The third kappa shape index (κ3) is 20.1. The summed E-state index contributed by atoms with van der Waals surface area (Å²) in [6.07, 6.45) is 1.82. The molecule has 0 spiro atoms. The van der Waals surface area contributed by atoms with Crippen LogP contribution in [0, 0.1) is 11.3 Å². The zero-order valence-corrected chi connectivity index (χ0v) is 32.1. The minimum absolute atomic E-state index is 0.00337. The molecule has 0 aromatic heterocycles. The van der Waals surface area contributed by atoms with Crippen LogP contribution < -0.4 is 21.3 Å². The summed E-state index contributed by atoms with van der Waals surface area (Å²) in [4.78, 5) is 60.1. The molecule has 0 aliphatic rings. The zero-order chi connectivity index (χ0) is 37.9. The number of phenols is 1. The molecular formula is C35H55BrN4O10. The quantitative estimate of drug-likeness (QED) is 0.0552. The van der Waals surface area contributed by atoms with Gasteiger partial charge in [0, 0.05) is 25.2 Å². The van der Waals surface area contributed by atoms with Crippen molar-refractivity contribution in [3.63, 3.8) is 0 Å². The number of methoxy groups -OCH3 is 1. The highest BCUT2D eigenvalue weighted by Gasteiger charge is 2.26. The summed E-state index contributed by atoms with van der Waals surface area (Å²) in [5.41, 5.74) is 0.484. The normalized spacial score (nSPS) is 13.1. The second-order valence-electron chi connectivity index (χ2n) is 13.8. The molecular weight excluding hydrogens is 716 g/mol. The lowest BCUT2D eigenvalue weighted by Crippen LogP contribution is -2.42. The maximum absolute atomic E-state index is 12.6. The third-order valence-electron chi connectivity index (χ3n) is 7.36. The lowest BCUT2D eigenvalue weighted by atomic mass is 9.78. The van der Waals surface area contributed by atoms with E-state index in [0.717, 1.165) is 11.6 Å². The fourth-order valence-corrected chi connectivity index (χ4v) is 4.53. The molecule has 0 fully saturated rings. The average molecular weight is 772 g/mol. The van der Waals surface area contributed by atoms with Crippen molar-refractivity contribution in [2.45, 2.75) is 85.8 Å². The Labute approximate surface area is 303 Å². The maximum atomic E-state index is 12.6. The van der Waals surface area contributed by atoms with E-state index >= 15 is 0 Å². The summed E-state index contributed by atoms with van der Waals surface area (Å²) >= 11 is 3.02. The average Bonchev–Trinajstić information content (AvgIpc) is 3.00. The van der Waals surface area contributed by atoms with Crippen LogP contribution in [0.25, 0.3) is 0 Å². The lowest BCUT2D eigenvalue weighted by Gasteiger charge is -2.32. The van der Waals surface area contributed by atoms with E-state index in [1.165, 1.54) is 13.2 Å². The molecule has 0 heterocycles. The van der Waals surface area contributed by atoms with Crippen molar-refractivity contribution in [1.82, 2.24) is 16.0 Å². The number of aromatic hydroxyl groups is 1. The molecule has 1 aromatic rings. The van der Waals surface area contributed by atoms with E-state index in [0.29, 0.717) is 12.8 Å². The molecule has 15 heteroatoms. The molecule has 5 N–H and O–H groups in total. The van der Waals surface area contributed by atoms with Crippen molar-refractivity contribution in [1.29, 1.82) is 0 Å². The number of anilines is 1. The highest BCUT2D eigenvalue weighted by molar-refractivity contribution is 9.12. The number of carbonyl (C=O) groups is 5. The summed E-state index contributed by atoms with van der Waals surface area (Å²) in [6, 6.07) is 4.74. The number of esters is 1. The number of ether oxygens (including phenoxy) is 4. The monoisotopic (exact) mass is 770 g/mol. The Morgan fingerprint density at radius 2 is 1.58 bits per heavy atom. The Bertz CT molecular complexity index is 1310. The molecule has 0 aliphatic carbocycles. The molecule has 1 rings (SSSR count). The van der Waals surface area contributed by atoms with Crippen LogP contribution in [0.2, 0.25) is 0 Å². The van der Waals surface area contributed by atoms with Crippen LogP contribution in [0.5, 0.6) is 5.75 Å². The molecule has 50 heavy (non-hydrogen) atoms. The largest absolute Gasteiger partial charge is 0.506 e. The summed E-state index contributed by atoms with van der Waals surface area (Å²) in [5, 5.41) is 21.2. The standard InChI is InChI=1S/C35H55BrN4O10/c1-23(34(2,3)4)19-25(39-33(46)50-35(5,6)7)20-24-9-10-28(41)27(21-24)40-29(42)12-15-48-17-18-49-16-14-37-30(43)22-26(36)32(45)38-13-11-31(44)47-8/h9-10,21-23,25,41H,11-20H2,1-8H3,(H,37,43)(H,38,45)(H,39,46)(H,40,42)/b26-22+/t23?,25-/m1/s1. The minimum Gasteiger partial charge on any atom is -0.506 e. The van der Waals surface area contributed by atoms with Gasteiger partial charge in [-0.15, -0.1) is 0 Å². The predicted molar refractivity (Wildman–Crippen MR) is 193 cm³/mol. The first-order valence-electron chi connectivity index (χ1n) is 16.6. The molecule has 2 atom stereocenters. The first-order valence-corrected chi connectivity index (χ1v) is 17.4. The molecule has 0 radical (unpaired) electrons. The molecule has 0 bridgehead atoms. The highest BCUT2D eigenvalue weighted by Crippen LogP contribution is 2.31. The van der Waals surface area contributed by atoms with Crippen LogP contribution in [0.15, 0.2) is 28.8 Å². The lowest BCUT2D eigenvalue weighted by molar-refractivity contribution is -0.140. The molecule has 0 aliphatic heterocycles. The van der Waals surface area contributed by atoms with Gasteiger partial charge in [-0.3, -0.25) is 19.2 Å². The topological polar surface area (TPSA) is 191 Å². The summed E-state index contributed by atoms with van der Waals surface area (Å²) < 4.78 is 20.9. The van der Waals surface area contributed by atoms with Crippen molar-refractivity contribution in [2.24, 2.45) is 11.3 Å². The van der Waals surface area contributed by atoms with E-state index in [9.17, 15) is 29.1 Å². The van der Waals surface area contributed by atoms with E-state index in [4.69, 9.17) is 14.2 Å². The van der Waals surface area contributed by atoms with Gasteiger partial charge in [0.1, 0.15) is 11.4 Å². The van der Waals surface area contributed by atoms with Gasteiger partial charge < -0.3 is 45.3 Å². The van der Waals surface area contributed by atoms with Gasteiger partial charge in [0.05, 0.1) is 56.5 Å². The summed E-state index contributed by atoms with van der Waals surface area (Å²) in [7, 11) is 1.25. The van der Waals surface area contributed by atoms with Crippen LogP contribution in [0.1, 0.15) is 73.3 Å². The van der Waals surface area contributed by atoms with Gasteiger partial charge in [0.2, 0.25) is 11.8 Å². The first kappa shape index (κ1) is 44.3. The molecule has 1 unspecified atom stereocenters. The predicted octanol–water partition coefficient (Wildman–Crippen LogP) is 4.34. The van der Waals surface area contributed by atoms with Gasteiger partial charge in [-0.25, -0.2) is 4.79 Å². The Hall–Kier alpha value is -3.69. The Kier molecular flexibility index (Phi) is 19.7. The smallest absolute Gasteiger partial charge is 0.407 e. The molecule has 14 nitrogen and oxygen atoms in total. The Morgan fingerprint density at radius 1 is 0.920 bits per heavy atom. The van der Waals surface area contributed by atoms with Crippen LogP contribution in [0.3, 0.4) is 0 Å². The van der Waals surface area contributed by atoms with Crippen molar-refractivity contribution >= 4 is 51.4 Å². The number of nitrogens with one attached hydrogen (secondary N) is 4. The van der Waals surface area contributed by atoms with E-state index in [2.05, 4.69) is 69.6 Å². The van der Waals surface area contributed by atoms with Crippen LogP contribution in [0.4, 0.5) is 10.5 Å². The summed E-state index contributed by atoms with van der Waals surface area (Å²) in [5.74, 6) is -1.65. The fourth-order valence-electron chi connectivity index (χ4n) is 4.18. The number of hydrogen-bond acceptors (Lipinski definition) is 10. The minimum atomic E-state index is -0.633. The van der Waals surface area contributed by atoms with Gasteiger partial charge in [0.25, 0.3) is 5.91 Å². The van der Waals surface area contributed by atoms with Crippen LogP contribution in [-0.4, -0.2) is 93.2 Å². The Morgan fingerprint density at radius 3 is 2.20 bits per heavy atom. The van der Waals surface area contributed by atoms with E-state index in [1.807, 2.05) is 20.8 Å². The number of carbonyl (C=O) groups excluding carboxylic acids is 5. The van der Waals surface area contributed by atoms with E-state index in [-0.39, 0.29) is 91.6 Å². The van der Waals surface area contributed by atoms with E-state index in [1.54, 1.807) is 12.1 Å². The third-order valence-corrected chi connectivity index (χ3v) is 7.95. The highest BCUT2D eigenvalue weighted by atomic mass is 79.9. The van der Waals surface area contributed by atoms with Gasteiger partial charge in [-0.05, 0) is 78.6 Å². The van der Waals surface area contributed by atoms with E-state index < -0.39 is 29.5 Å². The summed E-state index contributed by atoms with van der Waals surface area (Å²) in [6.45, 7) is 15.1. The second kappa shape index (κ2) is 22.2. The molecule has 0 saturated heterocycles. The van der Waals surface area contributed by atoms with Gasteiger partial charge in [-0.1, -0.05) is 33.8 Å². The fraction of sp³-hybridized carbons (Fsp3) is 0.629. The number of rotatable bonds is 20. The molecule has 282 valence electrons. The number of phenolic OH excluding ortho intramolecular Hbond substituents is 1. The maximum Gasteiger partial charge on any atom is 0.407 e. The number of amides is 4. The number of alkyl carbamates (subject to hydrolysis) is 1. The Balaban J connectivity index is 2.46. The van der Waals surface area contributed by atoms with Crippen LogP contribution in [-0.2, 0) is 44.5 Å². The van der Waals surface area contributed by atoms with Gasteiger partial charge in [0.15, 0.2) is 0 Å². The molecule has 4 amide bonds. The van der Waals surface area contributed by atoms with Crippen molar-refractivity contribution in [3.8, 4) is 5.75 Å².